The predicted molar refractivity (Wildman–Crippen MR) is 139 cm³/mol. The van der Waals surface area contributed by atoms with Crippen LogP contribution in [0.15, 0.2) is 36.7 Å². The minimum atomic E-state index is -0.355. The number of carbonyl (C=O) groups is 1. The number of fused-ring (bicyclic) bond motifs is 3. The minimum absolute atomic E-state index is 0. The van der Waals surface area contributed by atoms with Gasteiger partial charge in [-0.2, -0.15) is 0 Å². The SMILES string of the molecule is Cl.Cl.O=C(c1ccnc2c1COC21CCNCC1)c1cn(C[C@@H]2CCCN2)c2cc(Cl)ccc12. The first-order valence-corrected chi connectivity index (χ1v) is 11.9. The second-order valence-corrected chi connectivity index (χ2v) is 9.63. The van der Waals surface area contributed by atoms with E-state index in [1.54, 1.807) is 6.20 Å². The van der Waals surface area contributed by atoms with Crippen LogP contribution < -0.4 is 10.6 Å². The van der Waals surface area contributed by atoms with Gasteiger partial charge in [0.1, 0.15) is 5.60 Å². The number of nitrogens with zero attached hydrogens (tertiary/aromatic N) is 2. The van der Waals surface area contributed by atoms with Crippen molar-refractivity contribution in [3.05, 3.63) is 64.1 Å². The number of hydrogen-bond acceptors (Lipinski definition) is 5. The quantitative estimate of drug-likeness (QED) is 0.488. The number of carbonyl (C=O) groups excluding carboxylic acids is 1. The summed E-state index contributed by atoms with van der Waals surface area (Å²) >= 11 is 6.33. The maximum atomic E-state index is 13.9. The smallest absolute Gasteiger partial charge is 0.195 e. The molecule has 1 spiro atoms. The molecule has 1 aromatic carbocycles. The topological polar surface area (TPSA) is 68.2 Å². The number of hydrogen-bond donors (Lipinski definition) is 2. The van der Waals surface area contributed by atoms with Crippen LogP contribution in [0.3, 0.4) is 0 Å². The number of aromatic nitrogens is 2. The first-order valence-electron chi connectivity index (χ1n) is 11.5. The van der Waals surface area contributed by atoms with E-state index in [1.807, 2.05) is 30.5 Å². The van der Waals surface area contributed by atoms with Crippen LogP contribution in [0.2, 0.25) is 5.02 Å². The molecule has 2 N–H and O–H groups in total. The van der Waals surface area contributed by atoms with Crippen LogP contribution in [0.1, 0.15) is 52.9 Å². The fraction of sp³-hybridized carbons (Fsp3) is 0.440. The zero-order valence-corrected chi connectivity index (χ0v) is 21.2. The zero-order valence-electron chi connectivity index (χ0n) is 18.8. The van der Waals surface area contributed by atoms with Gasteiger partial charge in [-0.15, -0.1) is 24.8 Å². The molecule has 34 heavy (non-hydrogen) atoms. The van der Waals surface area contributed by atoms with Crippen LogP contribution in [0.25, 0.3) is 10.9 Å². The van der Waals surface area contributed by atoms with Gasteiger partial charge >= 0.3 is 0 Å². The van der Waals surface area contributed by atoms with Crippen molar-refractivity contribution < 1.29 is 9.53 Å². The maximum absolute atomic E-state index is 13.9. The molecule has 182 valence electrons. The molecule has 6 nitrogen and oxygen atoms in total. The lowest BCUT2D eigenvalue weighted by molar-refractivity contribution is -0.0612. The van der Waals surface area contributed by atoms with Gasteiger partial charge in [0.2, 0.25) is 0 Å². The lowest BCUT2D eigenvalue weighted by Gasteiger charge is -2.32. The molecule has 9 heteroatoms. The Bertz CT molecular complexity index is 1200. The number of pyridine rings is 1. The van der Waals surface area contributed by atoms with Crippen LogP contribution in [0.5, 0.6) is 0 Å². The molecule has 1 atom stereocenters. The molecule has 0 unspecified atom stereocenters. The third-order valence-electron chi connectivity index (χ3n) is 7.30. The Morgan fingerprint density at radius 1 is 1.18 bits per heavy atom. The summed E-state index contributed by atoms with van der Waals surface area (Å²) in [5.41, 5.74) is 3.98. The molecule has 3 aromatic rings. The van der Waals surface area contributed by atoms with Gasteiger partial charge in [-0.05, 0) is 63.5 Å². The van der Waals surface area contributed by atoms with Gasteiger partial charge in [0, 0.05) is 52.1 Å². The second kappa shape index (κ2) is 10.1. The molecular weight excluding hydrogens is 495 g/mol. The Morgan fingerprint density at radius 3 is 2.76 bits per heavy atom. The lowest BCUT2D eigenvalue weighted by Crippen LogP contribution is -2.40. The molecule has 6 rings (SSSR count). The first kappa shape index (κ1) is 25.4. The molecule has 0 amide bonds. The molecule has 3 aliphatic rings. The van der Waals surface area contributed by atoms with Crippen molar-refractivity contribution in [3.63, 3.8) is 0 Å². The van der Waals surface area contributed by atoms with Crippen molar-refractivity contribution in [3.8, 4) is 0 Å². The van der Waals surface area contributed by atoms with E-state index in [0.29, 0.717) is 28.8 Å². The van der Waals surface area contributed by atoms with E-state index in [4.69, 9.17) is 16.3 Å². The molecule has 0 aliphatic carbocycles. The van der Waals surface area contributed by atoms with Gasteiger partial charge in [0.25, 0.3) is 0 Å². The Labute approximate surface area is 216 Å². The number of piperidine rings is 1. The van der Waals surface area contributed by atoms with Crippen LogP contribution >= 0.6 is 36.4 Å². The van der Waals surface area contributed by atoms with Crippen molar-refractivity contribution >= 4 is 53.1 Å². The molecule has 0 saturated carbocycles. The standard InChI is InChI=1S/C25H27ClN4O2.2ClH/c26-16-3-4-18-20(14-30(22(18)12-16)13-17-2-1-8-28-17)23(31)19-5-9-29-24-21(19)15-32-25(24)6-10-27-11-7-25;;/h3-5,9,12,14,17,27-28H,1-2,6-8,10-11,13,15H2;2*1H/t17-;;/m0../s1. The molecule has 0 bridgehead atoms. The fourth-order valence-corrected chi connectivity index (χ4v) is 5.79. The second-order valence-electron chi connectivity index (χ2n) is 9.20. The molecule has 2 fully saturated rings. The summed E-state index contributed by atoms with van der Waals surface area (Å²) < 4.78 is 8.47. The number of halogens is 3. The Kier molecular flexibility index (Phi) is 7.58. The van der Waals surface area contributed by atoms with E-state index in [-0.39, 0.29) is 36.2 Å². The maximum Gasteiger partial charge on any atom is 0.195 e. The van der Waals surface area contributed by atoms with Gasteiger partial charge in [0.15, 0.2) is 5.78 Å². The molecular formula is C25H29Cl3N4O2. The zero-order chi connectivity index (χ0) is 21.7. The summed E-state index contributed by atoms with van der Waals surface area (Å²) in [4.78, 5) is 18.6. The van der Waals surface area contributed by atoms with Gasteiger partial charge in [-0.3, -0.25) is 9.78 Å². The number of nitrogens with one attached hydrogen (secondary N) is 2. The van der Waals surface area contributed by atoms with Crippen molar-refractivity contribution in [2.75, 3.05) is 19.6 Å². The number of benzene rings is 1. The number of ketones is 1. The summed E-state index contributed by atoms with van der Waals surface area (Å²) in [6.07, 6.45) is 7.88. The van der Waals surface area contributed by atoms with E-state index in [0.717, 1.165) is 67.6 Å². The third-order valence-corrected chi connectivity index (χ3v) is 7.54. The highest BCUT2D eigenvalue weighted by atomic mass is 35.5. The largest absolute Gasteiger partial charge is 0.364 e. The van der Waals surface area contributed by atoms with Crippen LogP contribution in [0.4, 0.5) is 0 Å². The Balaban J connectivity index is 0.00000137. The highest BCUT2D eigenvalue weighted by molar-refractivity contribution is 6.31. The minimum Gasteiger partial charge on any atom is -0.364 e. The van der Waals surface area contributed by atoms with E-state index >= 15 is 0 Å². The molecule has 3 aliphatic heterocycles. The summed E-state index contributed by atoms with van der Waals surface area (Å²) in [5.74, 6) is 0.0312. The highest BCUT2D eigenvalue weighted by Gasteiger charge is 2.44. The highest BCUT2D eigenvalue weighted by Crippen LogP contribution is 2.43. The Morgan fingerprint density at radius 2 is 2.00 bits per heavy atom. The Hall–Kier alpha value is -1.67. The number of ether oxygens (including phenoxy) is 1. The van der Waals surface area contributed by atoms with Crippen LogP contribution in [0, 0.1) is 0 Å². The fourth-order valence-electron chi connectivity index (χ4n) is 5.63. The average Bonchev–Trinajstić information content (AvgIpc) is 3.54. The van der Waals surface area contributed by atoms with Crippen molar-refractivity contribution in [2.24, 2.45) is 0 Å². The van der Waals surface area contributed by atoms with E-state index in [2.05, 4.69) is 20.2 Å². The van der Waals surface area contributed by atoms with E-state index in [9.17, 15) is 4.79 Å². The molecule has 5 heterocycles. The monoisotopic (exact) mass is 522 g/mol. The van der Waals surface area contributed by atoms with Crippen LogP contribution in [-0.4, -0.2) is 41.0 Å². The normalized spacial score (nSPS) is 20.7. The third kappa shape index (κ3) is 4.25. The van der Waals surface area contributed by atoms with Crippen molar-refractivity contribution in [1.82, 2.24) is 20.2 Å². The molecule has 2 saturated heterocycles. The van der Waals surface area contributed by atoms with Gasteiger partial charge in [-0.25, -0.2) is 0 Å². The van der Waals surface area contributed by atoms with Crippen LogP contribution in [-0.2, 0) is 23.5 Å². The van der Waals surface area contributed by atoms with Gasteiger partial charge in [-0.1, -0.05) is 17.7 Å². The summed E-state index contributed by atoms with van der Waals surface area (Å²) in [5, 5.41) is 8.57. The van der Waals surface area contributed by atoms with Crippen molar-refractivity contribution in [2.45, 2.75) is 50.5 Å². The predicted octanol–water partition coefficient (Wildman–Crippen LogP) is 4.63. The van der Waals surface area contributed by atoms with Crippen molar-refractivity contribution in [1.29, 1.82) is 0 Å². The van der Waals surface area contributed by atoms with Gasteiger partial charge < -0.3 is 19.9 Å². The molecule has 0 radical (unpaired) electrons. The first-order chi connectivity index (χ1) is 15.6. The summed E-state index contributed by atoms with van der Waals surface area (Å²) in [7, 11) is 0. The average molecular weight is 524 g/mol. The van der Waals surface area contributed by atoms with Gasteiger partial charge in [0.05, 0.1) is 17.8 Å². The number of rotatable bonds is 4. The van der Waals surface area contributed by atoms with E-state index < -0.39 is 0 Å². The molecule has 2 aromatic heterocycles. The summed E-state index contributed by atoms with van der Waals surface area (Å²) in [6.45, 7) is 4.14. The van der Waals surface area contributed by atoms with E-state index in [1.165, 1.54) is 6.42 Å². The summed E-state index contributed by atoms with van der Waals surface area (Å²) in [6, 6.07) is 8.07. The lowest BCUT2D eigenvalue weighted by atomic mass is 9.86.